The second-order valence-electron chi connectivity index (χ2n) is 16.2. The number of anilines is 1. The molecule has 4 fully saturated rings. The van der Waals surface area contributed by atoms with Crippen LogP contribution in [0.5, 0.6) is 5.75 Å². The fourth-order valence-electron chi connectivity index (χ4n) is 13.0. The third kappa shape index (κ3) is 2.84. The number of rotatable bonds is 3. The van der Waals surface area contributed by atoms with Gasteiger partial charge in [-0.25, -0.2) is 0 Å². The molecule has 0 radical (unpaired) electrons. The SMILES string of the molecule is CCC12CCC[N+]3(CCC4(O)c5ccc(O)c(C6C[C@@]7(CC)CCCN8CCc9c(n6c6ccccc96)[C@H]87)c5NC43CC1)C2. The zero-order chi connectivity index (χ0) is 29.7. The number of para-hydroxylation sites is 1. The minimum absolute atomic E-state index is 0.0345. The lowest BCUT2D eigenvalue weighted by molar-refractivity contribution is -0.981. The van der Waals surface area contributed by atoms with Crippen LogP contribution in [-0.2, 0) is 12.0 Å². The van der Waals surface area contributed by atoms with Crippen molar-refractivity contribution in [2.45, 2.75) is 108 Å². The highest BCUT2D eigenvalue weighted by Crippen LogP contribution is 2.68. The normalized spacial score (nSPS) is 41.5. The standard InChI is InChI=1S/C38H48N4O2/c1-3-35-14-8-21-42(24-35)22-18-37(44)27-11-12-30(43)31(32(27)39-38(37,42)17-16-35)29-23-36(4-2)15-7-19-40-20-13-26-25-9-5-6-10-28(25)41(29)33(26)34(36)40/h5-6,9-12,29,34,39,44H,3-4,7-8,13-24H2,1-2H3/p+1/t29?,34-,35?,36+,37?,38?,42?/m0/s1. The van der Waals surface area contributed by atoms with E-state index in [-0.39, 0.29) is 11.5 Å². The monoisotopic (exact) mass is 593 g/mol. The number of nitrogens with zero attached hydrogens (tertiary/aromatic N) is 3. The molecule has 44 heavy (non-hydrogen) atoms. The van der Waals surface area contributed by atoms with E-state index in [9.17, 15) is 10.2 Å². The van der Waals surface area contributed by atoms with Crippen molar-refractivity contribution in [2.24, 2.45) is 10.8 Å². The van der Waals surface area contributed by atoms with Gasteiger partial charge in [-0.05, 0) is 87.4 Å². The fraction of sp³-hybridized carbons (Fsp3) is 0.632. The molecule has 3 aromatic rings. The van der Waals surface area contributed by atoms with Crippen LogP contribution in [0.25, 0.3) is 10.9 Å². The lowest BCUT2D eigenvalue weighted by atomic mass is 9.62. The number of hydrogen-bond donors (Lipinski definition) is 3. The zero-order valence-corrected chi connectivity index (χ0v) is 26.7. The van der Waals surface area contributed by atoms with E-state index < -0.39 is 11.3 Å². The molecule has 7 aliphatic heterocycles. The van der Waals surface area contributed by atoms with Crippen LogP contribution >= 0.6 is 0 Å². The number of hydrogen-bond acceptors (Lipinski definition) is 4. The van der Waals surface area contributed by atoms with Crippen LogP contribution in [0.1, 0.15) is 113 Å². The van der Waals surface area contributed by atoms with Gasteiger partial charge < -0.3 is 20.1 Å². The largest absolute Gasteiger partial charge is 0.508 e. The molecule has 6 heteroatoms. The summed E-state index contributed by atoms with van der Waals surface area (Å²) < 4.78 is 3.68. The van der Waals surface area contributed by atoms with Gasteiger partial charge in [-0.2, -0.15) is 0 Å². The molecule has 0 amide bonds. The van der Waals surface area contributed by atoms with Crippen molar-refractivity contribution in [1.82, 2.24) is 9.47 Å². The molecule has 7 aliphatic rings. The summed E-state index contributed by atoms with van der Waals surface area (Å²) >= 11 is 0. The van der Waals surface area contributed by atoms with Crippen molar-refractivity contribution in [3.8, 4) is 5.75 Å². The first-order valence-electron chi connectivity index (χ1n) is 17.9. The van der Waals surface area contributed by atoms with Crippen LogP contribution in [0.15, 0.2) is 36.4 Å². The third-order valence-corrected chi connectivity index (χ3v) is 15.1. The Kier molecular flexibility index (Phi) is 5.11. The zero-order valence-electron chi connectivity index (χ0n) is 26.7. The van der Waals surface area contributed by atoms with Gasteiger partial charge in [0.05, 0.1) is 37.4 Å². The third-order valence-electron chi connectivity index (χ3n) is 15.1. The van der Waals surface area contributed by atoms with Crippen LogP contribution < -0.4 is 5.32 Å². The van der Waals surface area contributed by atoms with Crippen LogP contribution in [0.2, 0.25) is 0 Å². The second-order valence-corrected chi connectivity index (χ2v) is 16.2. The smallest absolute Gasteiger partial charge is 0.206 e. The molecule has 5 unspecified atom stereocenters. The number of aliphatic hydroxyl groups is 1. The number of nitrogens with one attached hydrogen (secondary N) is 1. The van der Waals surface area contributed by atoms with E-state index in [1.807, 2.05) is 6.07 Å². The highest BCUT2D eigenvalue weighted by atomic mass is 16.3. The molecule has 0 aliphatic carbocycles. The summed E-state index contributed by atoms with van der Waals surface area (Å²) in [5.74, 6) is 0.393. The van der Waals surface area contributed by atoms with Crippen molar-refractivity contribution in [2.75, 3.05) is 38.0 Å². The molecule has 6 nitrogen and oxygen atoms in total. The summed E-state index contributed by atoms with van der Waals surface area (Å²) in [4.78, 5) is 2.80. The summed E-state index contributed by atoms with van der Waals surface area (Å²) in [6.45, 7) is 10.5. The molecule has 8 heterocycles. The van der Waals surface area contributed by atoms with E-state index in [4.69, 9.17) is 0 Å². The number of aromatic hydroxyl groups is 1. The molecular formula is C38H49N4O2+. The van der Waals surface area contributed by atoms with E-state index in [2.05, 4.69) is 59.0 Å². The van der Waals surface area contributed by atoms with Crippen molar-refractivity contribution in [1.29, 1.82) is 0 Å². The molecule has 4 saturated heterocycles. The van der Waals surface area contributed by atoms with E-state index in [1.54, 1.807) is 5.56 Å². The molecule has 0 saturated carbocycles. The van der Waals surface area contributed by atoms with Crippen LogP contribution in [0.3, 0.4) is 0 Å². The summed E-state index contributed by atoms with van der Waals surface area (Å²) in [5.41, 5.74) is 6.84. The minimum atomic E-state index is -0.901. The number of fused-ring (bicyclic) bond motifs is 6. The first-order valence-corrected chi connectivity index (χ1v) is 17.9. The number of quaternary nitrogens is 1. The molecule has 232 valence electrons. The van der Waals surface area contributed by atoms with Gasteiger partial charge in [-0.1, -0.05) is 38.1 Å². The van der Waals surface area contributed by atoms with Crippen molar-refractivity contribution >= 4 is 16.6 Å². The summed E-state index contributed by atoms with van der Waals surface area (Å²) in [7, 11) is 0. The van der Waals surface area contributed by atoms with Gasteiger partial charge >= 0.3 is 0 Å². The van der Waals surface area contributed by atoms with Crippen molar-refractivity contribution in [3.63, 3.8) is 0 Å². The van der Waals surface area contributed by atoms with E-state index in [0.717, 1.165) is 73.0 Å². The molecule has 1 aromatic heterocycles. The molecule has 3 N–H and O–H groups in total. The molecule has 2 spiro atoms. The summed E-state index contributed by atoms with van der Waals surface area (Å²) in [6.07, 6.45) is 12.6. The maximum atomic E-state index is 13.0. The van der Waals surface area contributed by atoms with Gasteiger partial charge in [0, 0.05) is 52.5 Å². The molecule has 2 aromatic carbocycles. The Morgan fingerprint density at radius 1 is 0.955 bits per heavy atom. The van der Waals surface area contributed by atoms with Gasteiger partial charge in [0.2, 0.25) is 5.66 Å². The van der Waals surface area contributed by atoms with Crippen molar-refractivity contribution < 1.29 is 14.7 Å². The predicted octanol–water partition coefficient (Wildman–Crippen LogP) is 6.94. The number of piperidine rings is 3. The van der Waals surface area contributed by atoms with Crippen LogP contribution in [0.4, 0.5) is 5.69 Å². The minimum Gasteiger partial charge on any atom is -0.508 e. The Morgan fingerprint density at radius 3 is 2.70 bits per heavy atom. The highest BCUT2D eigenvalue weighted by molar-refractivity contribution is 5.87. The highest BCUT2D eigenvalue weighted by Gasteiger charge is 2.76. The van der Waals surface area contributed by atoms with Gasteiger partial charge in [0.15, 0.2) is 5.60 Å². The Hall–Kier alpha value is -2.54. The van der Waals surface area contributed by atoms with Crippen LogP contribution in [-0.4, -0.2) is 62.5 Å². The van der Waals surface area contributed by atoms with Crippen molar-refractivity contribution in [3.05, 3.63) is 58.8 Å². The van der Waals surface area contributed by atoms with Gasteiger partial charge in [-0.15, -0.1) is 0 Å². The molecular weight excluding hydrogens is 544 g/mol. The number of aromatic nitrogens is 1. The topological polar surface area (TPSA) is 60.7 Å². The number of phenols is 1. The van der Waals surface area contributed by atoms with Gasteiger partial charge in [0.1, 0.15) is 5.75 Å². The Morgan fingerprint density at radius 2 is 1.84 bits per heavy atom. The van der Waals surface area contributed by atoms with Gasteiger partial charge in [-0.3, -0.25) is 9.38 Å². The number of benzene rings is 2. The van der Waals surface area contributed by atoms with Gasteiger partial charge in [0.25, 0.3) is 0 Å². The Labute approximate surface area is 261 Å². The lowest BCUT2D eigenvalue weighted by Crippen LogP contribution is -2.75. The molecule has 7 atom stereocenters. The van der Waals surface area contributed by atoms with E-state index in [1.165, 1.54) is 68.2 Å². The fourth-order valence-corrected chi connectivity index (χ4v) is 13.0. The molecule has 10 rings (SSSR count). The maximum Gasteiger partial charge on any atom is 0.206 e. The first-order chi connectivity index (χ1) is 21.3. The van der Waals surface area contributed by atoms with E-state index >= 15 is 0 Å². The number of phenolic OH excluding ortho intramolecular Hbond substituents is 1. The average molecular weight is 594 g/mol. The van der Waals surface area contributed by atoms with E-state index in [0.29, 0.717) is 17.2 Å². The molecule has 2 bridgehead atoms. The quantitative estimate of drug-likeness (QED) is 0.288. The summed E-state index contributed by atoms with van der Waals surface area (Å²) in [5, 5.41) is 30.6. The summed E-state index contributed by atoms with van der Waals surface area (Å²) in [6, 6.07) is 13.6. The second kappa shape index (κ2) is 8.43. The average Bonchev–Trinajstić information content (AvgIpc) is 3.60. The Balaban J connectivity index is 1.20. The maximum absolute atomic E-state index is 13.0. The van der Waals surface area contributed by atoms with Crippen LogP contribution in [0, 0.1) is 10.8 Å². The first kappa shape index (κ1) is 26.7. The lowest BCUT2D eigenvalue weighted by Gasteiger charge is -2.61. The predicted molar refractivity (Wildman–Crippen MR) is 174 cm³/mol. The Bertz CT molecular complexity index is 1730.